The maximum absolute atomic E-state index is 6.49. The molecule has 0 amide bonds. The van der Waals surface area contributed by atoms with Gasteiger partial charge in [-0.05, 0) is 113 Å². The molecule has 1 heteroatoms. The largest absolute Gasteiger partial charge is 0.455 e. The third-order valence-corrected chi connectivity index (χ3v) is 11.7. The minimum absolute atomic E-state index is 0.0991. The molecule has 1 aromatic heterocycles. The van der Waals surface area contributed by atoms with Crippen molar-refractivity contribution in [3.63, 3.8) is 0 Å². The SMILES string of the molecule is CC1(C)c2ccc(-c3ccc(-c4c5ccccc5c(-c5ccccc5)c5ccccc45)cc3)cc2-c2cc3c(ccc4c5ccccc5oc34)cc21. The molecule has 0 saturated carbocycles. The first kappa shape index (κ1) is 29.3. The van der Waals surface area contributed by atoms with Crippen LogP contribution in [0.15, 0.2) is 174 Å². The molecule has 0 saturated heterocycles. The Labute approximate surface area is 302 Å². The van der Waals surface area contributed by atoms with Crippen LogP contribution in [0.25, 0.3) is 98.8 Å². The summed E-state index contributed by atoms with van der Waals surface area (Å²) in [6, 6.07) is 62.4. The van der Waals surface area contributed by atoms with Crippen LogP contribution in [0.1, 0.15) is 25.0 Å². The standard InChI is InChI=1S/C51H34O/c1-51(2)45-27-25-34(28-43(45)44-30-42-35(29-46(44)51)24-26-41-36-14-10-11-19-47(36)52-50(41)42)31-20-22-33(23-21-31)49-39-17-8-6-15-37(39)48(32-12-4-3-5-13-32)38-16-7-9-18-40(38)49/h3-30H,1-2H3. The van der Waals surface area contributed by atoms with Gasteiger partial charge in [0.1, 0.15) is 11.2 Å². The van der Waals surface area contributed by atoms with Crippen LogP contribution >= 0.6 is 0 Å². The molecule has 52 heavy (non-hydrogen) atoms. The Bertz CT molecular complexity index is 3010. The molecule has 0 atom stereocenters. The normalized spacial score (nSPS) is 13.3. The maximum atomic E-state index is 6.49. The van der Waals surface area contributed by atoms with Crippen LogP contribution in [0.5, 0.6) is 0 Å². The highest BCUT2D eigenvalue weighted by Gasteiger charge is 2.36. The van der Waals surface area contributed by atoms with Crippen LogP contribution < -0.4 is 0 Å². The van der Waals surface area contributed by atoms with Crippen molar-refractivity contribution in [1.29, 1.82) is 0 Å². The van der Waals surface area contributed by atoms with Gasteiger partial charge >= 0.3 is 0 Å². The van der Waals surface area contributed by atoms with E-state index in [2.05, 4.69) is 178 Å². The van der Waals surface area contributed by atoms with E-state index in [9.17, 15) is 0 Å². The van der Waals surface area contributed by atoms with E-state index in [0.717, 1.165) is 11.2 Å². The van der Waals surface area contributed by atoms with Gasteiger partial charge in [-0.2, -0.15) is 0 Å². The average molecular weight is 663 g/mol. The summed E-state index contributed by atoms with van der Waals surface area (Å²) >= 11 is 0. The van der Waals surface area contributed by atoms with Crippen LogP contribution in [-0.4, -0.2) is 0 Å². The molecule has 10 aromatic rings. The molecular formula is C51H34O. The van der Waals surface area contributed by atoms with Crippen molar-refractivity contribution in [1.82, 2.24) is 0 Å². The van der Waals surface area contributed by atoms with Crippen LogP contribution in [0, 0.1) is 0 Å². The molecule has 0 unspecified atom stereocenters. The van der Waals surface area contributed by atoms with Gasteiger partial charge < -0.3 is 4.42 Å². The number of benzene rings is 9. The number of furan rings is 1. The highest BCUT2D eigenvalue weighted by molar-refractivity contribution is 6.21. The molecule has 0 spiro atoms. The fourth-order valence-corrected chi connectivity index (χ4v) is 9.12. The molecule has 244 valence electrons. The fraction of sp³-hybridized carbons (Fsp3) is 0.0588. The smallest absolute Gasteiger partial charge is 0.143 e. The van der Waals surface area contributed by atoms with E-state index in [0.29, 0.717) is 0 Å². The Morgan fingerprint density at radius 1 is 0.365 bits per heavy atom. The van der Waals surface area contributed by atoms with Crippen molar-refractivity contribution < 1.29 is 4.42 Å². The van der Waals surface area contributed by atoms with E-state index in [1.807, 2.05) is 6.07 Å². The number of hydrogen-bond acceptors (Lipinski definition) is 1. The van der Waals surface area contributed by atoms with Crippen molar-refractivity contribution in [2.45, 2.75) is 19.3 Å². The maximum Gasteiger partial charge on any atom is 0.143 e. The van der Waals surface area contributed by atoms with Crippen molar-refractivity contribution in [2.24, 2.45) is 0 Å². The second-order valence-corrected chi connectivity index (χ2v) is 14.8. The summed E-state index contributed by atoms with van der Waals surface area (Å²) in [5, 5.41) is 9.83. The van der Waals surface area contributed by atoms with Gasteiger partial charge in [0.05, 0.1) is 0 Å². The van der Waals surface area contributed by atoms with Gasteiger partial charge in [-0.15, -0.1) is 0 Å². The molecule has 9 aromatic carbocycles. The highest BCUT2D eigenvalue weighted by Crippen LogP contribution is 2.52. The first-order chi connectivity index (χ1) is 25.5. The lowest BCUT2D eigenvalue weighted by Crippen LogP contribution is -2.14. The van der Waals surface area contributed by atoms with Crippen molar-refractivity contribution in [3.05, 3.63) is 181 Å². The Morgan fingerprint density at radius 2 is 0.904 bits per heavy atom. The number of hydrogen-bond donors (Lipinski definition) is 0. The molecule has 1 aliphatic carbocycles. The monoisotopic (exact) mass is 662 g/mol. The van der Waals surface area contributed by atoms with E-state index in [-0.39, 0.29) is 5.41 Å². The first-order valence-corrected chi connectivity index (χ1v) is 18.2. The van der Waals surface area contributed by atoms with Gasteiger partial charge in [0.15, 0.2) is 0 Å². The molecule has 1 heterocycles. The molecule has 0 N–H and O–H groups in total. The van der Waals surface area contributed by atoms with Crippen molar-refractivity contribution in [2.75, 3.05) is 0 Å². The second-order valence-electron chi connectivity index (χ2n) is 14.8. The van der Waals surface area contributed by atoms with Crippen LogP contribution in [0.3, 0.4) is 0 Å². The molecule has 0 aliphatic heterocycles. The summed E-state index contributed by atoms with van der Waals surface area (Å²) in [6.45, 7) is 4.71. The van der Waals surface area contributed by atoms with Gasteiger partial charge in [-0.25, -0.2) is 0 Å². The van der Waals surface area contributed by atoms with E-state index < -0.39 is 0 Å². The zero-order valence-corrected chi connectivity index (χ0v) is 29.1. The molecule has 0 fully saturated rings. The summed E-state index contributed by atoms with van der Waals surface area (Å²) in [5.41, 5.74) is 14.6. The lowest BCUT2D eigenvalue weighted by atomic mass is 9.81. The van der Waals surface area contributed by atoms with Crippen molar-refractivity contribution in [3.8, 4) is 44.5 Å². The van der Waals surface area contributed by atoms with Gasteiger partial charge in [-0.1, -0.05) is 153 Å². The molecule has 11 rings (SSSR count). The quantitative estimate of drug-likeness (QED) is 0.172. The average Bonchev–Trinajstić information content (AvgIpc) is 3.68. The van der Waals surface area contributed by atoms with Gasteiger partial charge in [0, 0.05) is 21.6 Å². The minimum Gasteiger partial charge on any atom is -0.455 e. The zero-order chi connectivity index (χ0) is 34.6. The van der Waals surface area contributed by atoms with E-state index >= 15 is 0 Å². The summed E-state index contributed by atoms with van der Waals surface area (Å²) in [5.74, 6) is 0. The highest BCUT2D eigenvalue weighted by atomic mass is 16.3. The zero-order valence-electron chi connectivity index (χ0n) is 29.1. The van der Waals surface area contributed by atoms with Crippen LogP contribution in [-0.2, 0) is 5.41 Å². The Hall–Kier alpha value is -6.44. The Kier molecular flexibility index (Phi) is 6.08. The second kappa shape index (κ2) is 10.8. The fourth-order valence-electron chi connectivity index (χ4n) is 9.12. The van der Waals surface area contributed by atoms with Crippen LogP contribution in [0.2, 0.25) is 0 Å². The van der Waals surface area contributed by atoms with E-state index in [1.165, 1.54) is 98.7 Å². The number of fused-ring (bicyclic) bond motifs is 10. The third-order valence-electron chi connectivity index (χ3n) is 11.7. The van der Waals surface area contributed by atoms with E-state index in [4.69, 9.17) is 4.42 Å². The predicted octanol–water partition coefficient (Wildman–Crippen LogP) is 14.4. The summed E-state index contributed by atoms with van der Waals surface area (Å²) < 4.78 is 6.49. The van der Waals surface area contributed by atoms with Crippen LogP contribution in [0.4, 0.5) is 0 Å². The predicted molar refractivity (Wildman–Crippen MR) is 220 cm³/mol. The molecule has 0 radical (unpaired) electrons. The Morgan fingerprint density at radius 3 is 1.58 bits per heavy atom. The van der Waals surface area contributed by atoms with Gasteiger partial charge in [0.25, 0.3) is 0 Å². The lowest BCUT2D eigenvalue weighted by Gasteiger charge is -2.22. The third kappa shape index (κ3) is 4.11. The number of rotatable bonds is 3. The Balaban J connectivity index is 1.05. The molecule has 1 aliphatic rings. The van der Waals surface area contributed by atoms with Gasteiger partial charge in [-0.3, -0.25) is 0 Å². The minimum atomic E-state index is -0.0991. The molecular weight excluding hydrogens is 629 g/mol. The topological polar surface area (TPSA) is 13.1 Å². The first-order valence-electron chi connectivity index (χ1n) is 18.2. The van der Waals surface area contributed by atoms with Gasteiger partial charge in [0.2, 0.25) is 0 Å². The summed E-state index contributed by atoms with van der Waals surface area (Å²) in [4.78, 5) is 0. The number of para-hydroxylation sites is 1. The lowest BCUT2D eigenvalue weighted by molar-refractivity contribution is 0.661. The molecule has 1 nitrogen and oxygen atoms in total. The molecule has 0 bridgehead atoms. The van der Waals surface area contributed by atoms with E-state index in [1.54, 1.807) is 0 Å². The summed E-state index contributed by atoms with van der Waals surface area (Å²) in [6.07, 6.45) is 0. The van der Waals surface area contributed by atoms with Crippen molar-refractivity contribution >= 4 is 54.3 Å². The summed E-state index contributed by atoms with van der Waals surface area (Å²) in [7, 11) is 0.